The number of hydrogen-bond acceptors (Lipinski definition) is 16. The number of aromatic hydroxyl groups is 4. The summed E-state index contributed by atoms with van der Waals surface area (Å²) in [6.45, 7) is 4.26. The van der Waals surface area contributed by atoms with Gasteiger partial charge < -0.3 is 67.2 Å². The summed E-state index contributed by atoms with van der Waals surface area (Å²) in [6, 6.07) is 2.82. The van der Waals surface area contributed by atoms with Crippen molar-refractivity contribution in [2.45, 2.75) is 183 Å². The molecule has 4 unspecified atom stereocenters. The highest BCUT2D eigenvalue weighted by Crippen LogP contribution is 2.36. The number of carbonyl (C=O) groups excluding carboxylic acids is 8. The molecule has 1 fully saturated rings. The van der Waals surface area contributed by atoms with Crippen molar-refractivity contribution in [3.63, 3.8) is 0 Å². The highest BCUT2D eigenvalue weighted by Gasteiger charge is 2.37. The lowest BCUT2D eigenvalue weighted by atomic mass is 10.1. The van der Waals surface area contributed by atoms with Crippen LogP contribution in [0.5, 0.6) is 23.5 Å². The molecule has 1 saturated heterocycles. The van der Waals surface area contributed by atoms with E-state index in [9.17, 15) is 58.8 Å². The Morgan fingerprint density at radius 3 is 1.65 bits per heavy atom. The third kappa shape index (κ3) is 30.0. The molecule has 1 aliphatic rings. The number of hydrogen-bond donors (Lipinski definition) is 11. The molecule has 1 aliphatic heterocycles. The van der Waals surface area contributed by atoms with Gasteiger partial charge in [-0.1, -0.05) is 54.2 Å². The molecule has 2 aromatic heterocycles. The number of primary amides is 1. The molecule has 0 radical (unpaired) electrons. The summed E-state index contributed by atoms with van der Waals surface area (Å²) in [5, 5.41) is 57.9. The first-order valence-corrected chi connectivity index (χ1v) is 31.0. The lowest BCUT2D eigenvalue weighted by Crippen LogP contribution is -2.36. The topological polar surface area (TPSA) is 341 Å². The second-order valence-corrected chi connectivity index (χ2v) is 23.1. The summed E-state index contributed by atoms with van der Waals surface area (Å²) in [4.78, 5) is 98.9. The Morgan fingerprint density at radius 1 is 0.625 bits per heavy atom. The second kappa shape index (κ2) is 40.9. The Bertz CT molecular complexity index is 2220. The lowest BCUT2D eigenvalue weighted by molar-refractivity contribution is -0.130. The fraction of sp³-hybridized carbons (Fsp3) is 0.704. The fourth-order valence-corrected chi connectivity index (χ4v) is 10.9. The van der Waals surface area contributed by atoms with Crippen LogP contribution in [0.4, 0.5) is 0 Å². The number of amides is 7. The highest BCUT2D eigenvalue weighted by molar-refractivity contribution is 8.00. The predicted octanol–water partition coefficient (Wildman–Crippen LogP) is 3.52. The molecule has 7 amide bonds. The number of nitrogens with two attached hydrogens (primary N) is 1. The molecule has 0 spiro atoms. The molecular weight excluding hydrogens is 1090 g/mol. The van der Waals surface area contributed by atoms with Crippen LogP contribution in [-0.4, -0.2) is 164 Å². The number of rotatable bonds is 48. The summed E-state index contributed by atoms with van der Waals surface area (Å²) < 4.78 is 8.24. The van der Waals surface area contributed by atoms with Gasteiger partial charge in [0, 0.05) is 133 Å². The first kappa shape index (κ1) is 69.0. The van der Waals surface area contributed by atoms with Crippen LogP contribution in [0.1, 0.15) is 148 Å². The normalized spacial score (nSPS) is 14.0. The first-order chi connectivity index (χ1) is 38.5. The summed E-state index contributed by atoms with van der Waals surface area (Å²) in [7, 11) is 3.99. The van der Waals surface area contributed by atoms with Gasteiger partial charge in [0.1, 0.15) is 12.5 Å². The van der Waals surface area contributed by atoms with Crippen molar-refractivity contribution >= 4 is 85.7 Å². The minimum atomic E-state index is -0.600. The lowest BCUT2D eigenvalue weighted by Gasteiger charge is -2.22. The molecule has 3 heterocycles. The van der Waals surface area contributed by atoms with E-state index in [0.29, 0.717) is 86.5 Å². The number of aromatic nitrogens is 2. The van der Waals surface area contributed by atoms with E-state index in [-0.39, 0.29) is 123 Å². The van der Waals surface area contributed by atoms with Crippen molar-refractivity contribution in [1.29, 1.82) is 0 Å². The van der Waals surface area contributed by atoms with Gasteiger partial charge in [0.2, 0.25) is 53.1 Å². The van der Waals surface area contributed by atoms with Gasteiger partial charge in [0.15, 0.2) is 11.8 Å². The van der Waals surface area contributed by atoms with Gasteiger partial charge in [-0.25, -0.2) is 0 Å². The maximum absolute atomic E-state index is 13.1. The molecule has 0 bridgehead atoms. The zero-order chi connectivity index (χ0) is 58.5. The van der Waals surface area contributed by atoms with Gasteiger partial charge in [-0.15, -0.1) is 23.5 Å². The molecule has 12 N–H and O–H groups in total. The number of unbranched alkanes of at least 4 members (excludes halogenated alkanes) is 10. The maximum atomic E-state index is 13.1. The van der Waals surface area contributed by atoms with Crippen LogP contribution in [0.25, 0.3) is 0 Å². The summed E-state index contributed by atoms with van der Waals surface area (Å²) >= 11 is 2.53. The fourth-order valence-electron chi connectivity index (χ4n) is 8.55. The zero-order valence-electron chi connectivity index (χ0n) is 46.8. The van der Waals surface area contributed by atoms with Crippen molar-refractivity contribution in [3.05, 3.63) is 12.1 Å². The van der Waals surface area contributed by atoms with Gasteiger partial charge in [0.25, 0.3) is 0 Å². The Morgan fingerprint density at radius 2 is 1.10 bits per heavy atom. The molecule has 2 aromatic rings. The summed E-state index contributed by atoms with van der Waals surface area (Å²) in [5.74, 6) is -0.877. The maximum Gasteiger partial charge on any atom is 0.235 e. The quantitative estimate of drug-likeness (QED) is 0.0148. The smallest absolute Gasteiger partial charge is 0.235 e. The van der Waals surface area contributed by atoms with Crippen LogP contribution in [0.15, 0.2) is 17.0 Å². The minimum absolute atomic E-state index is 0.00626. The van der Waals surface area contributed by atoms with Crippen LogP contribution in [0.3, 0.4) is 0 Å². The molecule has 0 saturated carbocycles. The average Bonchev–Trinajstić information content (AvgIpc) is 4.08. The van der Waals surface area contributed by atoms with E-state index in [1.807, 2.05) is 0 Å². The van der Waals surface area contributed by atoms with Crippen molar-refractivity contribution in [2.75, 3.05) is 64.4 Å². The molecule has 0 aliphatic carbocycles. The van der Waals surface area contributed by atoms with Crippen molar-refractivity contribution < 1.29 is 63.5 Å². The largest absolute Gasteiger partial charge is 0.494 e. The van der Waals surface area contributed by atoms with E-state index in [4.69, 9.17) is 10.5 Å². The van der Waals surface area contributed by atoms with Crippen molar-refractivity contribution in [2.24, 2.45) is 5.73 Å². The molecule has 0 aromatic carbocycles. The average molecular weight is 1180 g/mol. The van der Waals surface area contributed by atoms with Crippen LogP contribution < -0.4 is 42.9 Å². The van der Waals surface area contributed by atoms with Crippen LogP contribution in [-0.2, 0) is 56.2 Å². The Balaban J connectivity index is 1.06. The number of epoxide rings is 1. The van der Waals surface area contributed by atoms with E-state index in [2.05, 4.69) is 41.1 Å². The minimum Gasteiger partial charge on any atom is -0.494 e. The van der Waals surface area contributed by atoms with Gasteiger partial charge in [-0.05, 0) is 64.3 Å². The highest BCUT2D eigenvalue weighted by atomic mass is 32.2. The van der Waals surface area contributed by atoms with E-state index in [1.54, 1.807) is 7.05 Å². The molecule has 4 atom stereocenters. The number of aldehydes is 1. The van der Waals surface area contributed by atoms with Gasteiger partial charge in [-0.2, -0.15) is 0 Å². The number of thioether (sulfide) groups is 2. The SMILES string of the molecule is CN(CCCC(=O)NCCCCCC(=O)NCCCCCCNC(=O)CCSc1cc(O)n(CCC(N)=O)c1O)C(=O)C(CC=O)SCCC(=O)NCCCCCCNC1OC1CCCCCNC(=O)CCn1c(O)cc(P)c1O. The molecule has 80 heavy (non-hydrogen) atoms. The van der Waals surface area contributed by atoms with Crippen LogP contribution >= 0.6 is 32.8 Å². The summed E-state index contributed by atoms with van der Waals surface area (Å²) in [6.07, 6.45) is 16.2. The van der Waals surface area contributed by atoms with Crippen LogP contribution in [0.2, 0.25) is 0 Å². The Kier molecular flexibility index (Phi) is 35.3. The van der Waals surface area contributed by atoms with Gasteiger partial charge >= 0.3 is 0 Å². The molecule has 26 heteroatoms. The third-order valence-corrected chi connectivity index (χ3v) is 16.0. The van der Waals surface area contributed by atoms with E-state index in [0.717, 1.165) is 96.4 Å². The molecular formula is C54H91N10O13PS2. The van der Waals surface area contributed by atoms with Crippen molar-refractivity contribution in [3.8, 4) is 23.5 Å². The Hall–Kier alpha value is -5.23. The molecule has 452 valence electrons. The van der Waals surface area contributed by atoms with Crippen molar-refractivity contribution in [1.82, 2.24) is 45.9 Å². The first-order valence-electron chi connectivity index (χ1n) is 28.4. The zero-order valence-corrected chi connectivity index (χ0v) is 49.6. The standard InChI is InChI=1S/C54H91N10O13PS2/c1-62(31-16-19-45(68)57-28-15-7-9-18-44(67)56-25-10-2-3-11-26-60-48(71)24-36-80-42-38-50(73)64(54(42)76)32-20-43(55)66)53(75)41(22-34-65)79-35-23-47(70)59-27-12-4-5-13-30-61-51-39(77-51)17-8-6-14-29-58-46(69)21-33-63-49(72)37-40(78)52(63)74/h34,37-39,41,51,61,72-74,76H,2-33,35-36,78H2,1H3,(H2,55,66)(H,56,67)(H,57,68)(H,58,69)(H,59,70)(H,60,71). The molecule has 23 nitrogen and oxygen atoms in total. The van der Waals surface area contributed by atoms with Gasteiger partial charge in [-0.3, -0.25) is 48.0 Å². The van der Waals surface area contributed by atoms with Gasteiger partial charge in [0.05, 0.1) is 16.2 Å². The van der Waals surface area contributed by atoms with E-state index in [1.165, 1.54) is 49.7 Å². The monoisotopic (exact) mass is 1180 g/mol. The number of nitrogens with one attached hydrogen (secondary N) is 6. The Labute approximate surface area is 482 Å². The second-order valence-electron chi connectivity index (χ2n) is 20.0. The summed E-state index contributed by atoms with van der Waals surface area (Å²) in [5.41, 5.74) is 5.14. The number of carbonyl (C=O) groups is 8. The predicted molar refractivity (Wildman–Crippen MR) is 313 cm³/mol. The van der Waals surface area contributed by atoms with Crippen LogP contribution in [0, 0.1) is 0 Å². The number of ether oxygens (including phenoxy) is 1. The third-order valence-electron chi connectivity index (χ3n) is 13.3. The number of nitrogens with zero attached hydrogens (tertiary/aromatic N) is 3. The van der Waals surface area contributed by atoms with E-state index < -0.39 is 11.2 Å². The molecule has 3 rings (SSSR count). The van der Waals surface area contributed by atoms with E-state index >= 15 is 0 Å².